The van der Waals surface area contributed by atoms with Crippen LogP contribution in [-0.4, -0.2) is 35.7 Å². The highest BCUT2D eigenvalue weighted by Gasteiger charge is 2.28. The van der Waals surface area contributed by atoms with Crippen LogP contribution in [0.1, 0.15) is 12.8 Å². The largest absolute Gasteiger partial charge is 0.393 e. The summed E-state index contributed by atoms with van der Waals surface area (Å²) in [6.45, 7) is 0.371. The minimum absolute atomic E-state index is 0.0369. The van der Waals surface area contributed by atoms with Crippen molar-refractivity contribution in [3.05, 3.63) is 12.5 Å². The van der Waals surface area contributed by atoms with Gasteiger partial charge in [0.25, 0.3) is 10.0 Å². The second-order valence-electron chi connectivity index (χ2n) is 4.22. The van der Waals surface area contributed by atoms with Crippen LogP contribution >= 0.6 is 0 Å². The van der Waals surface area contributed by atoms with Gasteiger partial charge in [0.1, 0.15) is 0 Å². The summed E-state index contributed by atoms with van der Waals surface area (Å²) in [5.74, 6) is 0.244. The molecule has 0 atom stereocenters. The maximum Gasteiger partial charge on any atom is 0.259 e. The average molecular weight is 245 g/mol. The summed E-state index contributed by atoms with van der Waals surface area (Å²) >= 11 is 0. The fraction of sp³-hybridized carbons (Fsp3) is 0.667. The molecule has 0 aromatic carbocycles. The van der Waals surface area contributed by atoms with Crippen LogP contribution in [0.15, 0.2) is 17.6 Å². The Kier molecular flexibility index (Phi) is 3.00. The number of nitrogens with zero attached hydrogens (tertiary/aromatic N) is 2. The van der Waals surface area contributed by atoms with Crippen LogP contribution in [0, 0.1) is 5.92 Å². The second kappa shape index (κ2) is 4.15. The van der Waals surface area contributed by atoms with Gasteiger partial charge < -0.3 is 9.67 Å². The maximum atomic E-state index is 11.7. The lowest BCUT2D eigenvalue weighted by molar-refractivity contribution is 0.0453. The van der Waals surface area contributed by atoms with Crippen LogP contribution < -0.4 is 4.72 Å². The fourth-order valence-corrected chi connectivity index (χ4v) is 2.79. The quantitative estimate of drug-likeness (QED) is 0.747. The standard InChI is InChI=1S/C9H15N3O3S/c1-12-5-9(10-6-12)16(14,15)11-4-7-2-8(13)3-7/h5-8,11,13H,2-4H2,1H3. The molecule has 1 heterocycles. The van der Waals surface area contributed by atoms with Crippen LogP contribution in [0.2, 0.25) is 0 Å². The summed E-state index contributed by atoms with van der Waals surface area (Å²) in [4.78, 5) is 3.79. The van der Waals surface area contributed by atoms with E-state index in [-0.39, 0.29) is 17.0 Å². The molecule has 0 aliphatic heterocycles. The van der Waals surface area contributed by atoms with E-state index in [1.54, 1.807) is 11.6 Å². The molecule has 0 saturated heterocycles. The zero-order chi connectivity index (χ0) is 11.8. The Balaban J connectivity index is 1.93. The topological polar surface area (TPSA) is 84.2 Å². The number of aryl methyl sites for hydroxylation is 1. The third-order valence-electron chi connectivity index (χ3n) is 2.73. The van der Waals surface area contributed by atoms with Crippen molar-refractivity contribution < 1.29 is 13.5 Å². The lowest BCUT2D eigenvalue weighted by atomic mass is 9.83. The number of nitrogens with one attached hydrogen (secondary N) is 1. The summed E-state index contributed by atoms with van der Waals surface area (Å²) in [7, 11) is -1.78. The molecule has 90 valence electrons. The van der Waals surface area contributed by atoms with Gasteiger partial charge in [-0.15, -0.1) is 0 Å². The Hall–Kier alpha value is -0.920. The lowest BCUT2D eigenvalue weighted by Crippen LogP contribution is -2.38. The number of aliphatic hydroxyl groups excluding tert-OH is 1. The molecule has 1 aromatic heterocycles. The van der Waals surface area contributed by atoms with Crippen molar-refractivity contribution in [2.24, 2.45) is 13.0 Å². The number of aliphatic hydroxyl groups is 1. The summed E-state index contributed by atoms with van der Waals surface area (Å²) in [6.07, 6.45) is 3.99. The van der Waals surface area contributed by atoms with E-state index in [2.05, 4.69) is 9.71 Å². The molecule has 2 rings (SSSR count). The third kappa shape index (κ3) is 2.42. The molecule has 0 radical (unpaired) electrons. The van der Waals surface area contributed by atoms with E-state index in [0.29, 0.717) is 19.4 Å². The van der Waals surface area contributed by atoms with Gasteiger partial charge in [0.15, 0.2) is 5.03 Å². The Bertz CT molecular complexity index is 462. The zero-order valence-electron chi connectivity index (χ0n) is 9.00. The van der Waals surface area contributed by atoms with Crippen molar-refractivity contribution in [1.82, 2.24) is 14.3 Å². The predicted octanol–water partition coefficient (Wildman–Crippen LogP) is -0.531. The number of sulfonamides is 1. The van der Waals surface area contributed by atoms with Gasteiger partial charge in [0, 0.05) is 19.8 Å². The molecule has 1 aliphatic carbocycles. The van der Waals surface area contributed by atoms with E-state index >= 15 is 0 Å². The molecule has 6 nitrogen and oxygen atoms in total. The van der Waals surface area contributed by atoms with Crippen molar-refractivity contribution in [2.75, 3.05) is 6.54 Å². The fourth-order valence-electron chi connectivity index (χ4n) is 1.70. The monoisotopic (exact) mass is 245 g/mol. The van der Waals surface area contributed by atoms with E-state index in [4.69, 9.17) is 5.11 Å². The minimum atomic E-state index is -3.49. The Labute approximate surface area is 94.4 Å². The molecular weight excluding hydrogens is 230 g/mol. The van der Waals surface area contributed by atoms with Gasteiger partial charge in [-0.1, -0.05) is 0 Å². The molecule has 0 bridgehead atoms. The molecule has 1 aromatic rings. The molecule has 2 N–H and O–H groups in total. The van der Waals surface area contributed by atoms with E-state index in [1.807, 2.05) is 0 Å². The molecule has 1 fully saturated rings. The molecule has 1 aliphatic rings. The summed E-state index contributed by atoms with van der Waals surface area (Å²) in [5.41, 5.74) is 0. The van der Waals surface area contributed by atoms with Crippen molar-refractivity contribution >= 4 is 10.0 Å². The predicted molar refractivity (Wildman–Crippen MR) is 57.1 cm³/mol. The van der Waals surface area contributed by atoms with Crippen LogP contribution in [0.5, 0.6) is 0 Å². The second-order valence-corrected chi connectivity index (χ2v) is 5.93. The third-order valence-corrected chi connectivity index (χ3v) is 4.04. The first-order chi connectivity index (χ1) is 7.47. The van der Waals surface area contributed by atoms with Crippen molar-refractivity contribution in [2.45, 2.75) is 24.0 Å². The van der Waals surface area contributed by atoms with Gasteiger partial charge in [-0.2, -0.15) is 0 Å². The molecule has 0 amide bonds. The molecule has 7 heteroatoms. The number of imidazole rings is 1. The van der Waals surface area contributed by atoms with Crippen molar-refractivity contribution in [3.8, 4) is 0 Å². The highest BCUT2D eigenvalue weighted by molar-refractivity contribution is 7.89. The lowest BCUT2D eigenvalue weighted by Gasteiger charge is -2.31. The van der Waals surface area contributed by atoms with E-state index < -0.39 is 10.0 Å². The Morgan fingerprint density at radius 3 is 2.81 bits per heavy atom. The zero-order valence-corrected chi connectivity index (χ0v) is 9.81. The SMILES string of the molecule is Cn1cnc(S(=O)(=O)NCC2CC(O)C2)c1. The molecule has 16 heavy (non-hydrogen) atoms. The van der Waals surface area contributed by atoms with Crippen LogP contribution in [0.3, 0.4) is 0 Å². The first kappa shape index (κ1) is 11.6. The Morgan fingerprint density at radius 1 is 1.62 bits per heavy atom. The first-order valence-electron chi connectivity index (χ1n) is 5.13. The first-order valence-corrected chi connectivity index (χ1v) is 6.61. The van der Waals surface area contributed by atoms with Crippen LogP contribution in [0.25, 0.3) is 0 Å². The van der Waals surface area contributed by atoms with Crippen LogP contribution in [-0.2, 0) is 17.1 Å². The summed E-state index contributed by atoms with van der Waals surface area (Å²) in [5, 5.41) is 9.11. The number of rotatable bonds is 4. The van der Waals surface area contributed by atoms with Gasteiger partial charge in [-0.05, 0) is 18.8 Å². The highest BCUT2D eigenvalue weighted by Crippen LogP contribution is 2.26. The number of hydrogen-bond donors (Lipinski definition) is 2. The van der Waals surface area contributed by atoms with Crippen molar-refractivity contribution in [1.29, 1.82) is 0 Å². The number of aromatic nitrogens is 2. The minimum Gasteiger partial charge on any atom is -0.393 e. The van der Waals surface area contributed by atoms with E-state index in [9.17, 15) is 8.42 Å². The molecular formula is C9H15N3O3S. The van der Waals surface area contributed by atoms with Gasteiger partial charge >= 0.3 is 0 Å². The number of hydrogen-bond acceptors (Lipinski definition) is 4. The molecule has 0 unspecified atom stereocenters. The van der Waals surface area contributed by atoms with Gasteiger partial charge in [0.05, 0.1) is 12.4 Å². The van der Waals surface area contributed by atoms with Gasteiger partial charge in [0.2, 0.25) is 0 Å². The van der Waals surface area contributed by atoms with Crippen LogP contribution in [0.4, 0.5) is 0 Å². The highest BCUT2D eigenvalue weighted by atomic mass is 32.2. The van der Waals surface area contributed by atoms with E-state index in [1.165, 1.54) is 12.5 Å². The maximum absolute atomic E-state index is 11.7. The normalized spacial score (nSPS) is 25.4. The van der Waals surface area contributed by atoms with Gasteiger partial charge in [-0.25, -0.2) is 18.1 Å². The Morgan fingerprint density at radius 2 is 2.31 bits per heavy atom. The molecule has 1 saturated carbocycles. The molecule has 0 spiro atoms. The summed E-state index contributed by atoms with van der Waals surface area (Å²) < 4.78 is 27.5. The average Bonchev–Trinajstić information content (AvgIpc) is 2.58. The van der Waals surface area contributed by atoms with E-state index in [0.717, 1.165) is 0 Å². The van der Waals surface area contributed by atoms with Gasteiger partial charge in [-0.3, -0.25) is 0 Å². The van der Waals surface area contributed by atoms with Crippen molar-refractivity contribution in [3.63, 3.8) is 0 Å². The smallest absolute Gasteiger partial charge is 0.259 e. The summed E-state index contributed by atoms with van der Waals surface area (Å²) in [6, 6.07) is 0.